The SMILES string of the molecule is Cc1ccc(NCCC2CCN(C)CC2)c([N+](=O)[O-])c1. The van der Waals surface area contributed by atoms with Crippen LogP contribution < -0.4 is 5.32 Å². The summed E-state index contributed by atoms with van der Waals surface area (Å²) in [4.78, 5) is 13.1. The molecule has 110 valence electrons. The van der Waals surface area contributed by atoms with Crippen LogP contribution in [0, 0.1) is 23.0 Å². The molecule has 5 heteroatoms. The maximum Gasteiger partial charge on any atom is 0.292 e. The number of benzene rings is 1. The minimum Gasteiger partial charge on any atom is -0.379 e. The minimum atomic E-state index is -0.315. The topological polar surface area (TPSA) is 58.4 Å². The van der Waals surface area contributed by atoms with E-state index >= 15 is 0 Å². The lowest BCUT2D eigenvalue weighted by Gasteiger charge is -2.28. The number of aryl methyl sites for hydroxylation is 1. The van der Waals surface area contributed by atoms with Crippen molar-refractivity contribution in [2.75, 3.05) is 32.0 Å². The summed E-state index contributed by atoms with van der Waals surface area (Å²) in [6.45, 7) is 5.00. The maximum atomic E-state index is 11.0. The number of nitro groups is 1. The molecule has 1 saturated heterocycles. The van der Waals surface area contributed by atoms with Crippen molar-refractivity contribution in [3.05, 3.63) is 33.9 Å². The Kier molecular flexibility index (Phi) is 4.95. The van der Waals surface area contributed by atoms with Crippen molar-refractivity contribution >= 4 is 11.4 Å². The van der Waals surface area contributed by atoms with Crippen LogP contribution in [0.3, 0.4) is 0 Å². The number of hydrogen-bond acceptors (Lipinski definition) is 4. The first-order chi connectivity index (χ1) is 9.56. The van der Waals surface area contributed by atoms with Crippen LogP contribution in [-0.2, 0) is 0 Å². The van der Waals surface area contributed by atoms with Gasteiger partial charge in [0.15, 0.2) is 0 Å². The average molecular weight is 277 g/mol. The molecule has 0 radical (unpaired) electrons. The van der Waals surface area contributed by atoms with Gasteiger partial charge in [0, 0.05) is 12.6 Å². The van der Waals surface area contributed by atoms with Crippen LogP contribution in [0.1, 0.15) is 24.8 Å². The van der Waals surface area contributed by atoms with Crippen LogP contribution in [-0.4, -0.2) is 36.5 Å². The average Bonchev–Trinajstić information content (AvgIpc) is 2.42. The molecule has 2 rings (SSSR count). The zero-order valence-corrected chi connectivity index (χ0v) is 12.3. The van der Waals surface area contributed by atoms with Crippen molar-refractivity contribution in [2.24, 2.45) is 5.92 Å². The zero-order valence-electron chi connectivity index (χ0n) is 12.3. The summed E-state index contributed by atoms with van der Waals surface area (Å²) in [5.74, 6) is 0.739. The predicted octanol–water partition coefficient (Wildman–Crippen LogP) is 3.05. The number of rotatable bonds is 5. The van der Waals surface area contributed by atoms with Gasteiger partial charge in [0.25, 0.3) is 5.69 Å². The van der Waals surface area contributed by atoms with Crippen LogP contribution in [0.5, 0.6) is 0 Å². The number of nitro benzene ring substituents is 1. The molecule has 0 atom stereocenters. The minimum absolute atomic E-state index is 0.174. The van der Waals surface area contributed by atoms with E-state index in [4.69, 9.17) is 0 Å². The highest BCUT2D eigenvalue weighted by molar-refractivity contribution is 5.62. The Balaban J connectivity index is 1.86. The molecule has 0 spiro atoms. The van der Waals surface area contributed by atoms with Gasteiger partial charge in [-0.3, -0.25) is 10.1 Å². The van der Waals surface area contributed by atoms with Gasteiger partial charge >= 0.3 is 0 Å². The van der Waals surface area contributed by atoms with E-state index in [1.807, 2.05) is 19.1 Å². The fourth-order valence-electron chi connectivity index (χ4n) is 2.70. The third kappa shape index (κ3) is 3.93. The lowest BCUT2D eigenvalue weighted by atomic mass is 9.94. The number of piperidine rings is 1. The fraction of sp³-hybridized carbons (Fsp3) is 0.600. The Morgan fingerprint density at radius 3 is 2.75 bits per heavy atom. The number of nitrogens with zero attached hydrogens (tertiary/aromatic N) is 2. The van der Waals surface area contributed by atoms with Gasteiger partial charge in [0.2, 0.25) is 0 Å². The predicted molar refractivity (Wildman–Crippen MR) is 81.2 cm³/mol. The van der Waals surface area contributed by atoms with Crippen LogP contribution >= 0.6 is 0 Å². The first-order valence-corrected chi connectivity index (χ1v) is 7.23. The summed E-state index contributed by atoms with van der Waals surface area (Å²) in [5.41, 5.74) is 1.72. The molecule has 20 heavy (non-hydrogen) atoms. The van der Waals surface area contributed by atoms with Gasteiger partial charge in [0.05, 0.1) is 4.92 Å². The highest BCUT2D eigenvalue weighted by Gasteiger charge is 2.17. The normalized spacial score (nSPS) is 17.1. The van der Waals surface area contributed by atoms with Crippen molar-refractivity contribution < 1.29 is 4.92 Å². The molecule has 1 heterocycles. The lowest BCUT2D eigenvalue weighted by Crippen LogP contribution is -2.30. The third-order valence-corrected chi connectivity index (χ3v) is 4.06. The second-order valence-corrected chi connectivity index (χ2v) is 5.74. The first-order valence-electron chi connectivity index (χ1n) is 7.23. The quantitative estimate of drug-likeness (QED) is 0.664. The van der Waals surface area contributed by atoms with Crippen LogP contribution in [0.2, 0.25) is 0 Å². The number of likely N-dealkylation sites (tertiary alicyclic amines) is 1. The van der Waals surface area contributed by atoms with Crippen molar-refractivity contribution in [3.63, 3.8) is 0 Å². The summed E-state index contributed by atoms with van der Waals surface area (Å²) >= 11 is 0. The van der Waals surface area contributed by atoms with Gasteiger partial charge in [-0.05, 0) is 63.9 Å². The molecule has 0 amide bonds. The van der Waals surface area contributed by atoms with Crippen molar-refractivity contribution in [3.8, 4) is 0 Å². The van der Waals surface area contributed by atoms with E-state index in [9.17, 15) is 10.1 Å². The molecule has 1 aromatic carbocycles. The van der Waals surface area contributed by atoms with E-state index in [0.717, 1.165) is 37.5 Å². The summed E-state index contributed by atoms with van der Waals surface area (Å²) in [7, 11) is 2.16. The van der Waals surface area contributed by atoms with Gasteiger partial charge in [-0.1, -0.05) is 6.07 Å². The van der Waals surface area contributed by atoms with E-state index in [-0.39, 0.29) is 10.6 Å². The van der Waals surface area contributed by atoms with E-state index < -0.39 is 0 Å². The van der Waals surface area contributed by atoms with Crippen LogP contribution in [0.15, 0.2) is 18.2 Å². The van der Waals surface area contributed by atoms with Gasteiger partial charge in [-0.2, -0.15) is 0 Å². The van der Waals surface area contributed by atoms with Crippen LogP contribution in [0.4, 0.5) is 11.4 Å². The summed E-state index contributed by atoms with van der Waals surface area (Å²) in [6.07, 6.45) is 3.54. The van der Waals surface area contributed by atoms with Crippen molar-refractivity contribution in [1.82, 2.24) is 4.90 Å². The fourth-order valence-corrected chi connectivity index (χ4v) is 2.70. The summed E-state index contributed by atoms with van der Waals surface area (Å²) in [5, 5.41) is 14.3. The molecule has 0 aromatic heterocycles. The molecular weight excluding hydrogens is 254 g/mol. The summed E-state index contributed by atoms with van der Waals surface area (Å²) < 4.78 is 0. The highest BCUT2D eigenvalue weighted by atomic mass is 16.6. The van der Waals surface area contributed by atoms with E-state index in [0.29, 0.717) is 5.69 Å². The van der Waals surface area contributed by atoms with Gasteiger partial charge < -0.3 is 10.2 Å². The molecule has 1 aliphatic heterocycles. The van der Waals surface area contributed by atoms with E-state index in [2.05, 4.69) is 17.3 Å². The van der Waals surface area contributed by atoms with Gasteiger partial charge in [-0.25, -0.2) is 0 Å². The molecular formula is C15H23N3O2. The Morgan fingerprint density at radius 2 is 2.10 bits per heavy atom. The second kappa shape index (κ2) is 6.70. The molecule has 1 aromatic rings. The lowest BCUT2D eigenvalue weighted by molar-refractivity contribution is -0.384. The monoisotopic (exact) mass is 277 g/mol. The van der Waals surface area contributed by atoms with Crippen molar-refractivity contribution in [1.29, 1.82) is 0 Å². The Hall–Kier alpha value is -1.62. The highest BCUT2D eigenvalue weighted by Crippen LogP contribution is 2.26. The van der Waals surface area contributed by atoms with Gasteiger partial charge in [-0.15, -0.1) is 0 Å². The van der Waals surface area contributed by atoms with E-state index in [1.54, 1.807) is 6.07 Å². The molecule has 5 nitrogen and oxygen atoms in total. The summed E-state index contributed by atoms with van der Waals surface area (Å²) in [6, 6.07) is 5.34. The van der Waals surface area contributed by atoms with Crippen molar-refractivity contribution in [2.45, 2.75) is 26.2 Å². The molecule has 0 aliphatic carbocycles. The zero-order chi connectivity index (χ0) is 14.5. The van der Waals surface area contributed by atoms with Crippen LogP contribution in [0.25, 0.3) is 0 Å². The molecule has 0 bridgehead atoms. The smallest absolute Gasteiger partial charge is 0.292 e. The Morgan fingerprint density at radius 1 is 1.40 bits per heavy atom. The largest absolute Gasteiger partial charge is 0.379 e. The molecule has 0 saturated carbocycles. The standard InChI is InChI=1S/C15H23N3O2/c1-12-3-4-14(15(11-12)18(19)20)16-8-5-13-6-9-17(2)10-7-13/h3-4,11,13,16H,5-10H2,1-2H3. The Bertz CT molecular complexity index is 468. The number of nitrogens with one attached hydrogen (secondary N) is 1. The maximum absolute atomic E-state index is 11.0. The molecule has 1 fully saturated rings. The number of anilines is 1. The van der Waals surface area contributed by atoms with Gasteiger partial charge in [0.1, 0.15) is 5.69 Å². The first kappa shape index (κ1) is 14.8. The number of hydrogen-bond donors (Lipinski definition) is 1. The van der Waals surface area contributed by atoms with E-state index in [1.165, 1.54) is 12.8 Å². The molecule has 1 aliphatic rings. The molecule has 1 N–H and O–H groups in total. The second-order valence-electron chi connectivity index (χ2n) is 5.74. The third-order valence-electron chi connectivity index (χ3n) is 4.06. The molecule has 0 unspecified atom stereocenters. The Labute approximate surface area is 120 Å².